The zero-order valence-corrected chi connectivity index (χ0v) is 11.4. The Morgan fingerprint density at radius 2 is 1.80 bits per heavy atom. The molecule has 0 N–H and O–H groups in total. The van der Waals surface area contributed by atoms with Gasteiger partial charge in [0.1, 0.15) is 0 Å². The van der Waals surface area contributed by atoms with Crippen LogP contribution in [-0.2, 0) is 17.6 Å². The molecular formula is C17H16N2O. The van der Waals surface area contributed by atoms with Gasteiger partial charge in [0.25, 0.3) is 5.91 Å². The summed E-state index contributed by atoms with van der Waals surface area (Å²) in [6.07, 6.45) is 1.20. The van der Waals surface area contributed by atoms with Gasteiger partial charge in [-0.2, -0.15) is 5.10 Å². The normalized spacial score (nSPS) is 14.6. The predicted molar refractivity (Wildman–Crippen MR) is 80.9 cm³/mol. The molecule has 3 rings (SSSR count). The molecule has 2 aromatic carbocycles. The molecule has 0 unspecified atom stereocenters. The molecule has 0 fully saturated rings. The second kappa shape index (κ2) is 5.29. The maximum Gasteiger partial charge on any atom is 0.251 e. The Morgan fingerprint density at radius 1 is 1.10 bits per heavy atom. The van der Waals surface area contributed by atoms with Gasteiger partial charge in [-0.05, 0) is 24.1 Å². The Kier molecular flexibility index (Phi) is 3.33. The summed E-state index contributed by atoms with van der Waals surface area (Å²) in [7, 11) is 0. The van der Waals surface area contributed by atoms with Crippen LogP contribution in [0.25, 0.3) is 0 Å². The Bertz CT molecular complexity index is 662. The highest BCUT2D eigenvalue weighted by atomic mass is 16.2. The first kappa shape index (κ1) is 12.6. The average Bonchev–Trinajstić information content (AvgIpc) is 2.76. The van der Waals surface area contributed by atoms with Gasteiger partial charge in [-0.3, -0.25) is 4.79 Å². The predicted octanol–water partition coefficient (Wildman–Crippen LogP) is 3.19. The second-order valence-corrected chi connectivity index (χ2v) is 5.01. The van der Waals surface area contributed by atoms with Crippen molar-refractivity contribution in [3.8, 4) is 0 Å². The molecule has 1 amide bonds. The molecule has 0 aromatic heterocycles. The van der Waals surface area contributed by atoms with Crippen molar-refractivity contribution in [2.75, 3.05) is 5.01 Å². The van der Waals surface area contributed by atoms with Gasteiger partial charge in [0.05, 0.1) is 12.1 Å². The van der Waals surface area contributed by atoms with Crippen LogP contribution in [0.2, 0.25) is 0 Å². The molecule has 0 aliphatic carbocycles. The third-order valence-corrected chi connectivity index (χ3v) is 3.37. The number of para-hydroxylation sites is 1. The summed E-state index contributed by atoms with van der Waals surface area (Å²) < 4.78 is 0. The fraction of sp³-hybridized carbons (Fsp3) is 0.176. The van der Waals surface area contributed by atoms with E-state index in [4.69, 9.17) is 0 Å². The first-order valence-electron chi connectivity index (χ1n) is 6.73. The van der Waals surface area contributed by atoms with Gasteiger partial charge < -0.3 is 0 Å². The summed E-state index contributed by atoms with van der Waals surface area (Å²) in [5.74, 6) is 0.0404. The van der Waals surface area contributed by atoms with Crippen LogP contribution in [0.5, 0.6) is 0 Å². The summed E-state index contributed by atoms with van der Waals surface area (Å²) in [6.45, 7) is 1.96. The van der Waals surface area contributed by atoms with Crippen molar-refractivity contribution in [2.45, 2.75) is 19.8 Å². The first-order chi connectivity index (χ1) is 9.74. The highest BCUT2D eigenvalue weighted by Gasteiger charge is 2.26. The van der Waals surface area contributed by atoms with Gasteiger partial charge in [0, 0.05) is 12.1 Å². The smallest absolute Gasteiger partial charge is 0.251 e. The van der Waals surface area contributed by atoms with E-state index >= 15 is 0 Å². The molecule has 3 nitrogen and oxygen atoms in total. The molecule has 0 radical (unpaired) electrons. The maximum absolute atomic E-state index is 12.0. The van der Waals surface area contributed by atoms with Crippen molar-refractivity contribution in [1.29, 1.82) is 0 Å². The molecule has 0 saturated carbocycles. The molecule has 2 aromatic rings. The van der Waals surface area contributed by atoms with E-state index in [0.717, 1.165) is 23.4 Å². The van der Waals surface area contributed by atoms with Crippen molar-refractivity contribution in [1.82, 2.24) is 0 Å². The lowest BCUT2D eigenvalue weighted by Gasteiger charge is -2.12. The van der Waals surface area contributed by atoms with Crippen LogP contribution in [0.15, 0.2) is 59.7 Å². The summed E-state index contributed by atoms with van der Waals surface area (Å²) in [5, 5.41) is 6.03. The lowest BCUT2D eigenvalue weighted by Crippen LogP contribution is -2.22. The van der Waals surface area contributed by atoms with E-state index in [9.17, 15) is 4.79 Å². The number of fused-ring (bicyclic) bond motifs is 1. The fourth-order valence-corrected chi connectivity index (χ4v) is 2.45. The number of carbonyl (C=O) groups is 1. The average molecular weight is 264 g/mol. The number of rotatable bonds is 3. The SMILES string of the molecule is CC(Cc1ccccc1)=NN1C(=O)Cc2ccccc21. The minimum Gasteiger partial charge on any atom is -0.272 e. The van der Waals surface area contributed by atoms with Crippen molar-refractivity contribution < 1.29 is 4.79 Å². The van der Waals surface area contributed by atoms with Crippen molar-refractivity contribution >= 4 is 17.3 Å². The topological polar surface area (TPSA) is 32.7 Å². The third kappa shape index (κ3) is 2.48. The number of nitrogens with zero attached hydrogens (tertiary/aromatic N) is 2. The van der Waals surface area contributed by atoms with Gasteiger partial charge in [-0.25, -0.2) is 5.01 Å². The van der Waals surface area contributed by atoms with Crippen LogP contribution in [0.3, 0.4) is 0 Å². The summed E-state index contributed by atoms with van der Waals surface area (Å²) >= 11 is 0. The molecule has 3 heteroatoms. The van der Waals surface area contributed by atoms with E-state index in [-0.39, 0.29) is 5.91 Å². The number of amides is 1. The van der Waals surface area contributed by atoms with Crippen LogP contribution in [0, 0.1) is 0 Å². The summed E-state index contributed by atoms with van der Waals surface area (Å²) in [5.41, 5.74) is 4.09. The Labute approximate surface area is 118 Å². The van der Waals surface area contributed by atoms with Crippen molar-refractivity contribution in [3.05, 3.63) is 65.7 Å². The fourth-order valence-electron chi connectivity index (χ4n) is 2.45. The highest BCUT2D eigenvalue weighted by Crippen LogP contribution is 2.28. The molecule has 0 atom stereocenters. The molecule has 1 aliphatic rings. The largest absolute Gasteiger partial charge is 0.272 e. The molecular weight excluding hydrogens is 248 g/mol. The maximum atomic E-state index is 12.0. The lowest BCUT2D eigenvalue weighted by molar-refractivity contribution is -0.117. The van der Waals surface area contributed by atoms with Crippen LogP contribution in [-0.4, -0.2) is 11.6 Å². The van der Waals surface area contributed by atoms with Gasteiger partial charge in [-0.15, -0.1) is 0 Å². The highest BCUT2D eigenvalue weighted by molar-refractivity contribution is 6.02. The van der Waals surface area contributed by atoms with Crippen LogP contribution < -0.4 is 5.01 Å². The van der Waals surface area contributed by atoms with E-state index < -0.39 is 0 Å². The molecule has 0 bridgehead atoms. The number of hydrogen-bond acceptors (Lipinski definition) is 2. The van der Waals surface area contributed by atoms with Gasteiger partial charge in [-0.1, -0.05) is 48.5 Å². The molecule has 0 spiro atoms. The molecule has 0 saturated heterocycles. The van der Waals surface area contributed by atoms with Crippen LogP contribution >= 0.6 is 0 Å². The number of carbonyl (C=O) groups excluding carboxylic acids is 1. The lowest BCUT2D eigenvalue weighted by atomic mass is 10.1. The van der Waals surface area contributed by atoms with Crippen LogP contribution in [0.4, 0.5) is 5.69 Å². The first-order valence-corrected chi connectivity index (χ1v) is 6.73. The van der Waals surface area contributed by atoms with E-state index in [2.05, 4.69) is 17.2 Å². The Hall–Kier alpha value is -2.42. The minimum atomic E-state index is 0.0404. The van der Waals surface area contributed by atoms with Crippen LogP contribution in [0.1, 0.15) is 18.1 Å². The van der Waals surface area contributed by atoms with E-state index in [1.165, 1.54) is 10.6 Å². The minimum absolute atomic E-state index is 0.0404. The Morgan fingerprint density at radius 3 is 2.60 bits per heavy atom. The zero-order chi connectivity index (χ0) is 13.9. The third-order valence-electron chi connectivity index (χ3n) is 3.37. The number of anilines is 1. The number of benzene rings is 2. The van der Waals surface area contributed by atoms with E-state index in [1.54, 1.807) is 0 Å². The summed E-state index contributed by atoms with van der Waals surface area (Å²) in [4.78, 5) is 12.0. The quantitative estimate of drug-likeness (QED) is 0.784. The van der Waals surface area contributed by atoms with Gasteiger partial charge >= 0.3 is 0 Å². The summed E-state index contributed by atoms with van der Waals surface area (Å²) in [6, 6.07) is 18.0. The molecule has 1 aliphatic heterocycles. The molecule has 20 heavy (non-hydrogen) atoms. The van der Waals surface area contributed by atoms with Crippen molar-refractivity contribution in [3.63, 3.8) is 0 Å². The monoisotopic (exact) mass is 264 g/mol. The van der Waals surface area contributed by atoms with Gasteiger partial charge in [0.2, 0.25) is 0 Å². The zero-order valence-electron chi connectivity index (χ0n) is 11.4. The molecule has 100 valence electrons. The second-order valence-electron chi connectivity index (χ2n) is 5.01. The standard InChI is InChI=1S/C17H16N2O/c1-13(11-14-7-3-2-4-8-14)18-19-16-10-6-5-9-15(16)12-17(19)20/h2-10H,11-12H2,1H3. The number of hydrazone groups is 1. The van der Waals surface area contributed by atoms with Crippen molar-refractivity contribution in [2.24, 2.45) is 5.10 Å². The van der Waals surface area contributed by atoms with Gasteiger partial charge in [0.15, 0.2) is 0 Å². The van der Waals surface area contributed by atoms with E-state index in [1.807, 2.05) is 49.4 Å². The molecule has 1 heterocycles. The number of hydrogen-bond donors (Lipinski definition) is 0. The Balaban J connectivity index is 1.83. The van der Waals surface area contributed by atoms with E-state index in [0.29, 0.717) is 6.42 Å².